The number of rotatable bonds is 4. The molecule has 2 heterocycles. The third kappa shape index (κ3) is 3.90. The number of aromatic nitrogens is 2. The minimum Gasteiger partial charge on any atom is -0.336 e. The highest BCUT2D eigenvalue weighted by atomic mass is 35.5. The van der Waals surface area contributed by atoms with Crippen LogP contribution in [0.4, 0.5) is 0 Å². The molecule has 1 aromatic carbocycles. The van der Waals surface area contributed by atoms with Crippen LogP contribution in [0.5, 0.6) is 0 Å². The Hall–Kier alpha value is -1.85. The lowest BCUT2D eigenvalue weighted by molar-refractivity contribution is 0.0573. The predicted octanol–water partition coefficient (Wildman–Crippen LogP) is 3.59. The van der Waals surface area contributed by atoms with Crippen LogP contribution < -0.4 is 0 Å². The first-order chi connectivity index (χ1) is 13.1. The maximum Gasteiger partial charge on any atom is 0.258 e. The number of amides is 1. The Bertz CT molecular complexity index is 790. The van der Waals surface area contributed by atoms with Gasteiger partial charge in [0.15, 0.2) is 0 Å². The number of hydrogen-bond acceptors (Lipinski definition) is 3. The summed E-state index contributed by atoms with van der Waals surface area (Å²) in [7, 11) is 0. The van der Waals surface area contributed by atoms with Gasteiger partial charge < -0.3 is 4.90 Å². The lowest BCUT2D eigenvalue weighted by atomic mass is 10.1. The lowest BCUT2D eigenvalue weighted by Crippen LogP contribution is -2.51. The Morgan fingerprint density at radius 1 is 1.11 bits per heavy atom. The van der Waals surface area contributed by atoms with E-state index in [9.17, 15) is 4.79 Å². The molecule has 144 valence electrons. The summed E-state index contributed by atoms with van der Waals surface area (Å²) < 4.78 is 1.73. The van der Waals surface area contributed by atoms with Gasteiger partial charge in [-0.1, -0.05) is 54.8 Å². The number of carbonyl (C=O) groups excluding carboxylic acids is 1. The molecule has 0 radical (unpaired) electrons. The molecular weight excluding hydrogens is 360 g/mol. The predicted molar refractivity (Wildman–Crippen MR) is 107 cm³/mol. The molecule has 2 aliphatic rings. The van der Waals surface area contributed by atoms with Gasteiger partial charge in [0.25, 0.3) is 5.91 Å². The van der Waals surface area contributed by atoms with Crippen LogP contribution in [0.2, 0.25) is 5.15 Å². The van der Waals surface area contributed by atoms with Gasteiger partial charge in [0.2, 0.25) is 0 Å². The van der Waals surface area contributed by atoms with Crippen molar-refractivity contribution in [2.24, 2.45) is 0 Å². The maximum absolute atomic E-state index is 13.1. The van der Waals surface area contributed by atoms with Crippen LogP contribution in [-0.2, 0) is 6.54 Å². The zero-order valence-electron chi connectivity index (χ0n) is 15.9. The number of benzene rings is 1. The molecule has 1 amide bonds. The highest BCUT2D eigenvalue weighted by Gasteiger charge is 2.30. The van der Waals surface area contributed by atoms with Crippen molar-refractivity contribution >= 4 is 17.5 Å². The van der Waals surface area contributed by atoms with E-state index in [0.717, 1.165) is 37.8 Å². The first-order valence-electron chi connectivity index (χ1n) is 9.93. The van der Waals surface area contributed by atoms with Crippen molar-refractivity contribution in [3.63, 3.8) is 0 Å². The van der Waals surface area contributed by atoms with Gasteiger partial charge in [-0.3, -0.25) is 9.69 Å². The Morgan fingerprint density at radius 2 is 1.78 bits per heavy atom. The number of nitrogens with zero attached hydrogens (tertiary/aromatic N) is 4. The van der Waals surface area contributed by atoms with E-state index in [1.54, 1.807) is 4.68 Å². The van der Waals surface area contributed by atoms with Crippen LogP contribution in [0.3, 0.4) is 0 Å². The largest absolute Gasteiger partial charge is 0.336 e. The van der Waals surface area contributed by atoms with E-state index < -0.39 is 0 Å². The smallest absolute Gasteiger partial charge is 0.258 e. The summed E-state index contributed by atoms with van der Waals surface area (Å²) >= 11 is 6.57. The van der Waals surface area contributed by atoms with Gasteiger partial charge in [-0.2, -0.15) is 5.10 Å². The molecule has 1 aliphatic carbocycles. The molecule has 27 heavy (non-hydrogen) atoms. The van der Waals surface area contributed by atoms with E-state index in [2.05, 4.69) is 10.00 Å². The second-order valence-corrected chi connectivity index (χ2v) is 8.02. The summed E-state index contributed by atoms with van der Waals surface area (Å²) in [6, 6.07) is 10.8. The lowest BCUT2D eigenvalue weighted by Gasteiger charge is -2.38. The van der Waals surface area contributed by atoms with Gasteiger partial charge in [0.05, 0.1) is 17.8 Å². The minimum atomic E-state index is 0.0166. The van der Waals surface area contributed by atoms with Crippen LogP contribution in [0.1, 0.15) is 47.3 Å². The van der Waals surface area contributed by atoms with Gasteiger partial charge in [-0.05, 0) is 25.3 Å². The van der Waals surface area contributed by atoms with Gasteiger partial charge in [-0.25, -0.2) is 4.68 Å². The summed E-state index contributed by atoms with van der Waals surface area (Å²) in [5, 5.41) is 4.97. The maximum atomic E-state index is 13.1. The van der Waals surface area contributed by atoms with Crippen LogP contribution >= 0.6 is 11.6 Å². The van der Waals surface area contributed by atoms with E-state index in [1.165, 1.54) is 25.7 Å². The highest BCUT2D eigenvalue weighted by Crippen LogP contribution is 2.26. The summed E-state index contributed by atoms with van der Waals surface area (Å²) in [5.41, 5.74) is 2.38. The summed E-state index contributed by atoms with van der Waals surface area (Å²) in [6.07, 6.45) is 5.31. The molecule has 0 bridgehead atoms. The highest BCUT2D eigenvalue weighted by molar-refractivity contribution is 6.33. The van der Waals surface area contributed by atoms with Crippen LogP contribution in [0, 0.1) is 6.92 Å². The topological polar surface area (TPSA) is 41.4 Å². The molecule has 4 rings (SSSR count). The van der Waals surface area contributed by atoms with Crippen molar-refractivity contribution in [3.8, 4) is 0 Å². The molecule has 6 heteroatoms. The average molecular weight is 387 g/mol. The molecule has 0 unspecified atom stereocenters. The normalized spacial score (nSPS) is 19.0. The number of piperazine rings is 1. The second kappa shape index (κ2) is 8.03. The monoisotopic (exact) mass is 386 g/mol. The van der Waals surface area contributed by atoms with Gasteiger partial charge >= 0.3 is 0 Å². The van der Waals surface area contributed by atoms with E-state index in [0.29, 0.717) is 23.0 Å². The van der Waals surface area contributed by atoms with Gasteiger partial charge in [0, 0.05) is 32.2 Å². The summed E-state index contributed by atoms with van der Waals surface area (Å²) in [6.45, 7) is 5.92. The summed E-state index contributed by atoms with van der Waals surface area (Å²) in [5.74, 6) is 0.0166. The SMILES string of the molecule is Cc1nn(Cc2ccccc2)c(Cl)c1C(=O)N1CCN(C2CCCC2)CC1. The zero-order valence-corrected chi connectivity index (χ0v) is 16.7. The minimum absolute atomic E-state index is 0.0166. The first-order valence-corrected chi connectivity index (χ1v) is 10.3. The van der Waals surface area contributed by atoms with Crippen molar-refractivity contribution in [1.82, 2.24) is 19.6 Å². The molecule has 1 saturated heterocycles. The van der Waals surface area contributed by atoms with Crippen molar-refractivity contribution < 1.29 is 4.79 Å². The third-order valence-corrected chi connectivity index (χ3v) is 6.28. The Morgan fingerprint density at radius 3 is 2.44 bits per heavy atom. The molecule has 0 N–H and O–H groups in total. The van der Waals surface area contributed by atoms with Crippen LogP contribution in [0.25, 0.3) is 0 Å². The molecule has 1 aliphatic heterocycles. The molecule has 5 nitrogen and oxygen atoms in total. The van der Waals surface area contributed by atoms with Crippen LogP contribution in [0.15, 0.2) is 30.3 Å². The van der Waals surface area contributed by atoms with Crippen molar-refractivity contribution in [2.45, 2.75) is 45.2 Å². The fourth-order valence-corrected chi connectivity index (χ4v) is 4.69. The zero-order chi connectivity index (χ0) is 18.8. The molecule has 2 fully saturated rings. The number of halogens is 1. The van der Waals surface area contributed by atoms with Gasteiger partial charge in [-0.15, -0.1) is 0 Å². The Balaban J connectivity index is 1.44. The number of carbonyl (C=O) groups is 1. The average Bonchev–Trinajstić information content (AvgIpc) is 3.31. The Labute approximate surface area is 165 Å². The van der Waals surface area contributed by atoms with Crippen molar-refractivity contribution in [2.75, 3.05) is 26.2 Å². The van der Waals surface area contributed by atoms with Gasteiger partial charge in [0.1, 0.15) is 5.15 Å². The van der Waals surface area contributed by atoms with E-state index in [4.69, 9.17) is 11.6 Å². The van der Waals surface area contributed by atoms with Crippen LogP contribution in [-0.4, -0.2) is 57.7 Å². The molecule has 0 spiro atoms. The summed E-state index contributed by atoms with van der Waals surface area (Å²) in [4.78, 5) is 17.6. The van der Waals surface area contributed by atoms with Crippen molar-refractivity contribution in [3.05, 3.63) is 52.3 Å². The molecule has 0 atom stereocenters. The fourth-order valence-electron chi connectivity index (χ4n) is 4.38. The number of aryl methyl sites for hydroxylation is 1. The standard InChI is InChI=1S/C21H27ClN4O/c1-16-19(20(22)26(23-16)15-17-7-3-2-4-8-17)21(27)25-13-11-24(12-14-25)18-9-5-6-10-18/h2-4,7-8,18H,5-6,9-15H2,1H3. The number of hydrogen-bond donors (Lipinski definition) is 0. The van der Waals surface area contributed by atoms with Crippen molar-refractivity contribution in [1.29, 1.82) is 0 Å². The molecule has 1 saturated carbocycles. The quantitative estimate of drug-likeness (QED) is 0.806. The molecule has 2 aromatic rings. The van der Waals surface area contributed by atoms with E-state index >= 15 is 0 Å². The second-order valence-electron chi connectivity index (χ2n) is 7.66. The van der Waals surface area contributed by atoms with E-state index in [-0.39, 0.29) is 5.91 Å². The Kier molecular flexibility index (Phi) is 5.50. The molecular formula is C21H27ClN4O. The van der Waals surface area contributed by atoms with E-state index in [1.807, 2.05) is 42.2 Å². The fraction of sp³-hybridized carbons (Fsp3) is 0.524. The first kappa shape index (κ1) is 18.5. The molecule has 1 aromatic heterocycles. The third-order valence-electron chi connectivity index (χ3n) is 5.90.